The summed E-state index contributed by atoms with van der Waals surface area (Å²) in [7, 11) is 0. The van der Waals surface area contributed by atoms with Gasteiger partial charge in [-0.25, -0.2) is 9.97 Å². The number of benzene rings is 1. The van der Waals surface area contributed by atoms with Gasteiger partial charge in [-0.15, -0.1) is 11.6 Å². The molecule has 0 fully saturated rings. The van der Waals surface area contributed by atoms with Gasteiger partial charge in [0.25, 0.3) is 0 Å². The zero-order valence-electron chi connectivity index (χ0n) is 10.6. The van der Waals surface area contributed by atoms with Crippen molar-refractivity contribution in [2.45, 2.75) is 12.8 Å². The number of rotatable bonds is 2. The van der Waals surface area contributed by atoms with Crippen LogP contribution in [0, 0.1) is 6.92 Å². The van der Waals surface area contributed by atoms with E-state index in [4.69, 9.17) is 11.6 Å². The third-order valence-electron chi connectivity index (χ3n) is 2.97. The molecule has 6 heteroatoms. The van der Waals surface area contributed by atoms with E-state index < -0.39 is 0 Å². The molecule has 3 aromatic rings. The maximum Gasteiger partial charge on any atom is 0.164 e. The Hall–Kier alpha value is -0.910. The van der Waals surface area contributed by atoms with Crippen molar-refractivity contribution in [1.29, 1.82) is 0 Å². The molecule has 0 spiro atoms. The molecule has 0 aliphatic rings. The zero-order chi connectivity index (χ0) is 14.3. The first-order chi connectivity index (χ1) is 9.60. The first-order valence-electron chi connectivity index (χ1n) is 5.95. The third-order valence-corrected chi connectivity index (χ3v) is 4.37. The Kier molecular flexibility index (Phi) is 3.84. The van der Waals surface area contributed by atoms with E-state index in [-0.39, 0.29) is 0 Å². The molecule has 102 valence electrons. The van der Waals surface area contributed by atoms with Crippen LogP contribution >= 0.6 is 43.5 Å². The van der Waals surface area contributed by atoms with Crippen LogP contribution in [-0.2, 0) is 5.88 Å². The number of halogens is 3. The van der Waals surface area contributed by atoms with Crippen LogP contribution in [0.15, 0.2) is 39.4 Å². The van der Waals surface area contributed by atoms with Gasteiger partial charge in [0.1, 0.15) is 11.3 Å². The van der Waals surface area contributed by atoms with Crippen LogP contribution in [0.5, 0.6) is 0 Å². The minimum absolute atomic E-state index is 0.328. The van der Waals surface area contributed by atoms with Crippen molar-refractivity contribution in [2.75, 3.05) is 0 Å². The molecule has 0 aliphatic carbocycles. The van der Waals surface area contributed by atoms with Crippen molar-refractivity contribution < 1.29 is 0 Å². The van der Waals surface area contributed by atoms with E-state index in [1.165, 1.54) is 0 Å². The largest absolute Gasteiger partial charge is 0.279 e. The second kappa shape index (κ2) is 5.47. The number of hydrogen-bond acceptors (Lipinski definition) is 2. The second-order valence-electron chi connectivity index (χ2n) is 4.45. The Morgan fingerprint density at radius 1 is 1.25 bits per heavy atom. The van der Waals surface area contributed by atoms with Crippen LogP contribution in [0.3, 0.4) is 0 Å². The summed E-state index contributed by atoms with van der Waals surface area (Å²) in [5.41, 5.74) is 3.71. The number of imidazole rings is 1. The Labute approximate surface area is 138 Å². The predicted octanol–water partition coefficient (Wildman–Crippen LogP) is 4.99. The number of aromatic nitrogens is 3. The van der Waals surface area contributed by atoms with Gasteiger partial charge in [-0.3, -0.25) is 4.57 Å². The van der Waals surface area contributed by atoms with Crippen LogP contribution in [0.25, 0.3) is 16.9 Å². The summed E-state index contributed by atoms with van der Waals surface area (Å²) < 4.78 is 3.94. The van der Waals surface area contributed by atoms with Gasteiger partial charge >= 0.3 is 0 Å². The number of aryl methyl sites for hydroxylation is 1. The van der Waals surface area contributed by atoms with E-state index >= 15 is 0 Å². The molecular weight excluding hydrogens is 405 g/mol. The Balaban J connectivity index is 2.37. The topological polar surface area (TPSA) is 30.7 Å². The van der Waals surface area contributed by atoms with Gasteiger partial charge in [0.15, 0.2) is 5.65 Å². The van der Waals surface area contributed by atoms with Crippen LogP contribution in [-0.4, -0.2) is 14.5 Å². The highest BCUT2D eigenvalue weighted by Gasteiger charge is 2.15. The van der Waals surface area contributed by atoms with E-state index in [0.29, 0.717) is 5.88 Å². The Morgan fingerprint density at radius 2 is 2.05 bits per heavy atom. The maximum atomic E-state index is 6.05. The molecule has 3 rings (SSSR count). The molecule has 0 aliphatic heterocycles. The lowest BCUT2D eigenvalue weighted by molar-refractivity contribution is 0.964. The van der Waals surface area contributed by atoms with E-state index in [1.54, 1.807) is 0 Å². The maximum absolute atomic E-state index is 6.05. The summed E-state index contributed by atoms with van der Waals surface area (Å²) in [6.45, 7) is 2.00. The standard InChI is InChI=1S/C14H10Br2ClN3/c1-8-4-11-14(18-7-8)20(13(6-17)19-11)12-5-9(15)2-3-10(12)16/h2-5,7H,6H2,1H3. The van der Waals surface area contributed by atoms with Crippen LogP contribution in [0.4, 0.5) is 0 Å². The molecule has 0 saturated carbocycles. The van der Waals surface area contributed by atoms with Gasteiger partial charge in [0, 0.05) is 15.1 Å². The van der Waals surface area contributed by atoms with E-state index in [9.17, 15) is 0 Å². The predicted molar refractivity (Wildman–Crippen MR) is 88.6 cm³/mol. The quantitative estimate of drug-likeness (QED) is 0.552. The fourth-order valence-electron chi connectivity index (χ4n) is 2.11. The molecule has 0 bridgehead atoms. The number of pyridine rings is 1. The minimum Gasteiger partial charge on any atom is -0.279 e. The first-order valence-corrected chi connectivity index (χ1v) is 8.07. The second-order valence-corrected chi connectivity index (χ2v) is 6.49. The van der Waals surface area contributed by atoms with Gasteiger partial charge in [0.05, 0.1) is 11.6 Å². The van der Waals surface area contributed by atoms with E-state index in [1.807, 2.05) is 42.0 Å². The van der Waals surface area contributed by atoms with Gasteiger partial charge < -0.3 is 0 Å². The SMILES string of the molecule is Cc1cnc2c(c1)nc(CCl)n2-c1cc(Br)ccc1Br. The van der Waals surface area contributed by atoms with E-state index in [2.05, 4.69) is 41.8 Å². The lowest BCUT2D eigenvalue weighted by Crippen LogP contribution is -2.01. The third kappa shape index (κ3) is 2.38. The monoisotopic (exact) mass is 413 g/mol. The summed E-state index contributed by atoms with van der Waals surface area (Å²) in [6.07, 6.45) is 1.84. The molecule has 0 atom stereocenters. The van der Waals surface area contributed by atoms with Gasteiger partial charge in [0.2, 0.25) is 0 Å². The molecule has 20 heavy (non-hydrogen) atoms. The summed E-state index contributed by atoms with van der Waals surface area (Å²) in [5.74, 6) is 1.10. The highest BCUT2D eigenvalue weighted by Crippen LogP contribution is 2.29. The molecule has 0 N–H and O–H groups in total. The molecular formula is C14H10Br2ClN3. The van der Waals surface area contributed by atoms with Crippen molar-refractivity contribution in [3.8, 4) is 5.69 Å². The normalized spacial score (nSPS) is 11.2. The van der Waals surface area contributed by atoms with Crippen molar-refractivity contribution in [3.63, 3.8) is 0 Å². The highest BCUT2D eigenvalue weighted by atomic mass is 79.9. The van der Waals surface area contributed by atoms with Crippen molar-refractivity contribution >= 4 is 54.6 Å². The van der Waals surface area contributed by atoms with Crippen molar-refractivity contribution in [3.05, 3.63) is 50.8 Å². The Morgan fingerprint density at radius 3 is 2.80 bits per heavy atom. The average Bonchev–Trinajstić information content (AvgIpc) is 2.78. The molecule has 2 heterocycles. The molecule has 1 aromatic carbocycles. The summed E-state index contributed by atoms with van der Waals surface area (Å²) in [5, 5.41) is 0. The lowest BCUT2D eigenvalue weighted by atomic mass is 10.3. The van der Waals surface area contributed by atoms with Gasteiger partial charge in [-0.2, -0.15) is 0 Å². The van der Waals surface area contributed by atoms with Crippen molar-refractivity contribution in [2.24, 2.45) is 0 Å². The van der Waals surface area contributed by atoms with Crippen LogP contribution in [0.1, 0.15) is 11.4 Å². The minimum atomic E-state index is 0.328. The molecule has 2 aromatic heterocycles. The highest BCUT2D eigenvalue weighted by molar-refractivity contribution is 9.11. The summed E-state index contributed by atoms with van der Waals surface area (Å²) >= 11 is 13.1. The summed E-state index contributed by atoms with van der Waals surface area (Å²) in [6, 6.07) is 7.99. The van der Waals surface area contributed by atoms with Crippen LogP contribution in [0.2, 0.25) is 0 Å². The van der Waals surface area contributed by atoms with Gasteiger partial charge in [-0.05, 0) is 52.7 Å². The molecule has 0 amide bonds. The molecule has 0 saturated heterocycles. The van der Waals surface area contributed by atoms with Crippen molar-refractivity contribution in [1.82, 2.24) is 14.5 Å². The number of hydrogen-bond donors (Lipinski definition) is 0. The number of fused-ring (bicyclic) bond motifs is 1. The average molecular weight is 416 g/mol. The lowest BCUT2D eigenvalue weighted by Gasteiger charge is -2.10. The summed E-state index contributed by atoms with van der Waals surface area (Å²) in [4.78, 5) is 9.07. The zero-order valence-corrected chi connectivity index (χ0v) is 14.5. The fourth-order valence-corrected chi connectivity index (χ4v) is 3.06. The number of alkyl halides is 1. The fraction of sp³-hybridized carbons (Fsp3) is 0.143. The van der Waals surface area contributed by atoms with Crippen LogP contribution < -0.4 is 0 Å². The molecule has 0 radical (unpaired) electrons. The molecule has 0 unspecified atom stereocenters. The van der Waals surface area contributed by atoms with E-state index in [0.717, 1.165) is 37.2 Å². The number of nitrogens with zero attached hydrogens (tertiary/aromatic N) is 3. The van der Waals surface area contributed by atoms with Gasteiger partial charge in [-0.1, -0.05) is 15.9 Å². The smallest absolute Gasteiger partial charge is 0.164 e. The molecule has 3 nitrogen and oxygen atoms in total. The first kappa shape index (κ1) is 14.0. The Bertz CT molecular complexity index is 798.